The van der Waals surface area contributed by atoms with Gasteiger partial charge in [-0.2, -0.15) is 0 Å². The first-order valence-corrected chi connectivity index (χ1v) is 4.98. The number of aliphatic hydroxyl groups is 1. The van der Waals surface area contributed by atoms with E-state index in [2.05, 4.69) is 0 Å². The number of carboxylic acid groups (broad SMARTS) is 1. The van der Waals surface area contributed by atoms with Crippen LogP contribution in [0.15, 0.2) is 18.2 Å². The number of likely N-dealkylation sites (N-methyl/N-ethyl adjacent to an activating group) is 1. The van der Waals surface area contributed by atoms with Gasteiger partial charge in [-0.05, 0) is 17.7 Å². The molecule has 2 N–H and O–H groups in total. The predicted octanol–water partition coefficient (Wildman–Crippen LogP) is 0.633. The van der Waals surface area contributed by atoms with Crippen LogP contribution in [0.5, 0.6) is 5.75 Å². The molecule has 0 fully saturated rings. The van der Waals surface area contributed by atoms with Crippen LogP contribution < -0.4 is 9.64 Å². The average molecular weight is 223 g/mol. The standard InChI is InChI=1S/C11H13NO4/c1-12-4-5-16-9-6-7(2-3-8(9)12)10(13)11(14)15/h2-3,6,10,13H,4-5H2,1H3,(H,14,15)/t10-/m0/s1. The Kier molecular flexibility index (Phi) is 2.70. The van der Waals surface area contributed by atoms with Crippen LogP contribution in [0.2, 0.25) is 0 Å². The van der Waals surface area contributed by atoms with Gasteiger partial charge in [-0.1, -0.05) is 6.07 Å². The highest BCUT2D eigenvalue weighted by Crippen LogP contribution is 2.33. The van der Waals surface area contributed by atoms with Crippen molar-refractivity contribution < 1.29 is 19.7 Å². The van der Waals surface area contributed by atoms with Gasteiger partial charge in [-0.3, -0.25) is 0 Å². The largest absolute Gasteiger partial charge is 0.490 e. The smallest absolute Gasteiger partial charge is 0.337 e. The van der Waals surface area contributed by atoms with Gasteiger partial charge in [0.25, 0.3) is 0 Å². The van der Waals surface area contributed by atoms with Gasteiger partial charge in [0.2, 0.25) is 0 Å². The molecule has 1 aliphatic heterocycles. The van der Waals surface area contributed by atoms with Crippen molar-refractivity contribution in [1.82, 2.24) is 0 Å². The van der Waals surface area contributed by atoms with E-state index in [1.807, 2.05) is 11.9 Å². The Balaban J connectivity index is 2.35. The number of nitrogens with zero attached hydrogens (tertiary/aromatic N) is 1. The number of carbonyl (C=O) groups is 1. The summed E-state index contributed by atoms with van der Waals surface area (Å²) >= 11 is 0. The molecule has 2 rings (SSSR count). The minimum Gasteiger partial charge on any atom is -0.490 e. The summed E-state index contributed by atoms with van der Waals surface area (Å²) in [5.74, 6) is -0.643. The topological polar surface area (TPSA) is 70.0 Å². The maximum atomic E-state index is 10.6. The summed E-state index contributed by atoms with van der Waals surface area (Å²) in [5.41, 5.74) is 1.24. The molecular weight excluding hydrogens is 210 g/mol. The fraction of sp³-hybridized carbons (Fsp3) is 0.364. The number of aliphatic hydroxyl groups excluding tert-OH is 1. The first kappa shape index (κ1) is 10.8. The van der Waals surface area contributed by atoms with Gasteiger partial charge in [0, 0.05) is 7.05 Å². The fourth-order valence-corrected chi connectivity index (χ4v) is 1.69. The quantitative estimate of drug-likeness (QED) is 0.769. The second-order valence-corrected chi connectivity index (χ2v) is 3.74. The second kappa shape index (κ2) is 4.02. The van der Waals surface area contributed by atoms with Gasteiger partial charge >= 0.3 is 5.97 Å². The van der Waals surface area contributed by atoms with Crippen molar-refractivity contribution >= 4 is 11.7 Å². The molecule has 5 nitrogen and oxygen atoms in total. The number of benzene rings is 1. The molecule has 1 aromatic carbocycles. The molecule has 0 spiro atoms. The van der Waals surface area contributed by atoms with E-state index >= 15 is 0 Å². The second-order valence-electron chi connectivity index (χ2n) is 3.74. The molecule has 16 heavy (non-hydrogen) atoms. The first-order valence-electron chi connectivity index (χ1n) is 4.98. The molecule has 0 saturated heterocycles. The van der Waals surface area contributed by atoms with E-state index in [0.29, 0.717) is 17.9 Å². The lowest BCUT2D eigenvalue weighted by Gasteiger charge is -2.28. The maximum absolute atomic E-state index is 10.6. The van der Waals surface area contributed by atoms with E-state index in [4.69, 9.17) is 9.84 Å². The fourth-order valence-electron chi connectivity index (χ4n) is 1.69. The monoisotopic (exact) mass is 223 g/mol. The summed E-state index contributed by atoms with van der Waals surface area (Å²) in [7, 11) is 1.94. The van der Waals surface area contributed by atoms with Gasteiger partial charge < -0.3 is 19.8 Å². The highest BCUT2D eigenvalue weighted by molar-refractivity contribution is 5.75. The number of aliphatic carboxylic acids is 1. The van der Waals surface area contributed by atoms with E-state index in [1.165, 1.54) is 0 Å². The number of hydrogen-bond acceptors (Lipinski definition) is 4. The van der Waals surface area contributed by atoms with Crippen molar-refractivity contribution in [3.63, 3.8) is 0 Å². The van der Waals surface area contributed by atoms with E-state index in [1.54, 1.807) is 18.2 Å². The van der Waals surface area contributed by atoms with Gasteiger partial charge in [-0.15, -0.1) is 0 Å². The van der Waals surface area contributed by atoms with Crippen molar-refractivity contribution in [1.29, 1.82) is 0 Å². The zero-order chi connectivity index (χ0) is 11.7. The van der Waals surface area contributed by atoms with Crippen LogP contribution in [-0.2, 0) is 4.79 Å². The molecule has 5 heteroatoms. The highest BCUT2D eigenvalue weighted by Gasteiger charge is 2.20. The van der Waals surface area contributed by atoms with E-state index in [9.17, 15) is 9.90 Å². The molecule has 0 amide bonds. The van der Waals surface area contributed by atoms with Gasteiger partial charge in [0.1, 0.15) is 12.4 Å². The van der Waals surface area contributed by atoms with Crippen LogP contribution in [0.3, 0.4) is 0 Å². The van der Waals surface area contributed by atoms with Crippen molar-refractivity contribution in [2.45, 2.75) is 6.10 Å². The van der Waals surface area contributed by atoms with Crippen molar-refractivity contribution in [2.24, 2.45) is 0 Å². The van der Waals surface area contributed by atoms with Crippen LogP contribution >= 0.6 is 0 Å². The maximum Gasteiger partial charge on any atom is 0.337 e. The lowest BCUT2D eigenvalue weighted by molar-refractivity contribution is -0.146. The Morgan fingerprint density at radius 3 is 3.00 bits per heavy atom. The molecule has 0 aliphatic carbocycles. The van der Waals surface area contributed by atoms with Crippen molar-refractivity contribution in [2.75, 3.05) is 25.1 Å². The van der Waals surface area contributed by atoms with E-state index in [-0.39, 0.29) is 0 Å². The van der Waals surface area contributed by atoms with E-state index < -0.39 is 12.1 Å². The summed E-state index contributed by atoms with van der Waals surface area (Å²) in [6, 6.07) is 4.93. The number of hydrogen-bond donors (Lipinski definition) is 2. The molecule has 0 bridgehead atoms. The predicted molar refractivity (Wildman–Crippen MR) is 57.8 cm³/mol. The van der Waals surface area contributed by atoms with Crippen LogP contribution in [0.4, 0.5) is 5.69 Å². The lowest BCUT2D eigenvalue weighted by Crippen LogP contribution is -2.28. The van der Waals surface area contributed by atoms with Crippen LogP contribution in [-0.4, -0.2) is 36.4 Å². The lowest BCUT2D eigenvalue weighted by atomic mass is 10.1. The number of fused-ring (bicyclic) bond motifs is 1. The first-order chi connectivity index (χ1) is 7.59. The molecule has 0 radical (unpaired) electrons. The molecule has 1 heterocycles. The molecule has 0 saturated carbocycles. The third-order valence-electron chi connectivity index (χ3n) is 2.63. The normalized spacial score (nSPS) is 16.2. The molecule has 86 valence electrons. The van der Waals surface area contributed by atoms with Gasteiger partial charge in [0.05, 0.1) is 12.2 Å². The third kappa shape index (κ3) is 1.81. The Hall–Kier alpha value is -1.75. The molecule has 0 aromatic heterocycles. The Bertz CT molecular complexity index is 418. The number of carboxylic acids is 1. The van der Waals surface area contributed by atoms with Crippen LogP contribution in [0, 0.1) is 0 Å². The van der Waals surface area contributed by atoms with E-state index in [0.717, 1.165) is 12.2 Å². The zero-order valence-electron chi connectivity index (χ0n) is 8.88. The Morgan fingerprint density at radius 1 is 1.56 bits per heavy atom. The Labute approximate surface area is 92.9 Å². The van der Waals surface area contributed by atoms with Gasteiger partial charge in [0.15, 0.2) is 6.10 Å². The minimum absolute atomic E-state index is 0.335. The van der Waals surface area contributed by atoms with Gasteiger partial charge in [-0.25, -0.2) is 4.79 Å². The summed E-state index contributed by atoms with van der Waals surface area (Å²) in [4.78, 5) is 12.7. The SMILES string of the molecule is CN1CCOc2cc([C@H](O)C(=O)O)ccc21. The van der Waals surface area contributed by atoms with Crippen molar-refractivity contribution in [3.8, 4) is 5.75 Å². The zero-order valence-corrected chi connectivity index (χ0v) is 8.88. The number of ether oxygens (including phenoxy) is 1. The highest BCUT2D eigenvalue weighted by atomic mass is 16.5. The molecule has 0 unspecified atom stereocenters. The summed E-state index contributed by atoms with van der Waals surface area (Å²) in [6.07, 6.45) is -1.50. The summed E-state index contributed by atoms with van der Waals surface area (Å²) < 4.78 is 5.42. The number of rotatable bonds is 2. The van der Waals surface area contributed by atoms with Crippen LogP contribution in [0.1, 0.15) is 11.7 Å². The van der Waals surface area contributed by atoms with Crippen molar-refractivity contribution in [3.05, 3.63) is 23.8 Å². The minimum atomic E-state index is -1.50. The summed E-state index contributed by atoms with van der Waals surface area (Å²) in [5, 5.41) is 18.1. The van der Waals surface area contributed by atoms with Crippen LogP contribution in [0.25, 0.3) is 0 Å². The molecule has 1 aliphatic rings. The molecule has 1 atom stereocenters. The average Bonchev–Trinajstić information content (AvgIpc) is 2.28. The molecular formula is C11H13NO4. The summed E-state index contributed by atoms with van der Waals surface area (Å²) in [6.45, 7) is 1.37. The molecule has 1 aromatic rings. The third-order valence-corrected chi connectivity index (χ3v) is 2.63. The Morgan fingerprint density at radius 2 is 2.31 bits per heavy atom. The number of anilines is 1.